The van der Waals surface area contributed by atoms with Crippen molar-refractivity contribution in [2.45, 2.75) is 12.8 Å². The fraction of sp³-hybridized carbons (Fsp3) is 0.235. The molecule has 21 heavy (non-hydrogen) atoms. The summed E-state index contributed by atoms with van der Waals surface area (Å²) in [7, 11) is 3.20. The third-order valence-corrected chi connectivity index (χ3v) is 3.43. The molecule has 2 rings (SSSR count). The predicted octanol–water partition coefficient (Wildman–Crippen LogP) is 3.71. The lowest BCUT2D eigenvalue weighted by molar-refractivity contribution is -0.117. The highest BCUT2D eigenvalue weighted by Crippen LogP contribution is 2.23. The Balaban J connectivity index is 2.05. The first-order valence-corrected chi connectivity index (χ1v) is 6.97. The fourth-order valence-electron chi connectivity index (χ4n) is 2.13. The minimum atomic E-state index is 0.112. The maximum absolute atomic E-state index is 12.2. The van der Waals surface area contributed by atoms with Crippen LogP contribution in [0.5, 0.6) is 11.5 Å². The minimum absolute atomic E-state index is 0.112. The van der Waals surface area contributed by atoms with Crippen LogP contribution in [-0.4, -0.2) is 20.0 Å². The summed E-state index contributed by atoms with van der Waals surface area (Å²) in [4.78, 5) is 12.2. The molecule has 4 heteroatoms. The summed E-state index contributed by atoms with van der Waals surface area (Å²) in [5.41, 5.74) is 1.77. The lowest BCUT2D eigenvalue weighted by Gasteiger charge is -2.08. The topological polar surface area (TPSA) is 35.5 Å². The van der Waals surface area contributed by atoms with Gasteiger partial charge >= 0.3 is 0 Å². The van der Waals surface area contributed by atoms with Gasteiger partial charge in [0.15, 0.2) is 0 Å². The van der Waals surface area contributed by atoms with Crippen molar-refractivity contribution >= 4 is 17.4 Å². The summed E-state index contributed by atoms with van der Waals surface area (Å²) in [6.45, 7) is 0. The number of benzene rings is 2. The second kappa shape index (κ2) is 7.14. The first kappa shape index (κ1) is 15.4. The maximum Gasteiger partial charge on any atom is 0.141 e. The number of hydrogen-bond donors (Lipinski definition) is 0. The number of Topliss-reactive ketones (excluding diaryl/α,β-unsaturated/α-hetero) is 1. The Hall–Kier alpha value is -2.00. The summed E-state index contributed by atoms with van der Waals surface area (Å²) < 4.78 is 10.4. The van der Waals surface area contributed by atoms with Crippen molar-refractivity contribution < 1.29 is 14.3 Å². The largest absolute Gasteiger partial charge is 0.497 e. The smallest absolute Gasteiger partial charge is 0.141 e. The molecule has 0 aliphatic rings. The van der Waals surface area contributed by atoms with E-state index in [-0.39, 0.29) is 5.78 Å². The van der Waals surface area contributed by atoms with E-state index in [1.807, 2.05) is 24.3 Å². The molecule has 0 bridgehead atoms. The summed E-state index contributed by atoms with van der Waals surface area (Å²) in [5, 5.41) is 0.600. The highest BCUT2D eigenvalue weighted by atomic mass is 35.5. The van der Waals surface area contributed by atoms with Crippen molar-refractivity contribution in [2.75, 3.05) is 14.2 Å². The molecule has 3 nitrogen and oxygen atoms in total. The van der Waals surface area contributed by atoms with Gasteiger partial charge in [0.2, 0.25) is 0 Å². The molecule has 110 valence electrons. The van der Waals surface area contributed by atoms with Gasteiger partial charge in [-0.25, -0.2) is 0 Å². The molecule has 0 N–H and O–H groups in total. The van der Waals surface area contributed by atoms with Crippen molar-refractivity contribution in [3.8, 4) is 11.5 Å². The second-order valence-electron chi connectivity index (χ2n) is 4.70. The van der Waals surface area contributed by atoms with Gasteiger partial charge in [0.25, 0.3) is 0 Å². The molecule has 0 heterocycles. The molecular formula is C17H17ClO3. The molecule has 0 aromatic heterocycles. The van der Waals surface area contributed by atoms with E-state index >= 15 is 0 Å². The van der Waals surface area contributed by atoms with Crippen LogP contribution in [0.1, 0.15) is 11.1 Å². The first-order chi connectivity index (χ1) is 10.1. The van der Waals surface area contributed by atoms with Gasteiger partial charge in [0.1, 0.15) is 17.3 Å². The summed E-state index contributed by atoms with van der Waals surface area (Å²) >= 11 is 5.97. The van der Waals surface area contributed by atoms with Crippen LogP contribution in [-0.2, 0) is 17.6 Å². The Morgan fingerprint density at radius 3 is 2.33 bits per heavy atom. The number of methoxy groups -OCH3 is 2. The first-order valence-electron chi connectivity index (χ1n) is 6.59. The van der Waals surface area contributed by atoms with Crippen LogP contribution in [0.3, 0.4) is 0 Å². The lowest BCUT2D eigenvalue weighted by Crippen LogP contribution is -2.07. The molecule has 0 spiro atoms. The minimum Gasteiger partial charge on any atom is -0.497 e. The highest BCUT2D eigenvalue weighted by molar-refractivity contribution is 6.30. The van der Waals surface area contributed by atoms with Crippen molar-refractivity contribution in [1.29, 1.82) is 0 Å². The number of halogens is 1. The zero-order valence-corrected chi connectivity index (χ0v) is 12.8. The predicted molar refractivity (Wildman–Crippen MR) is 83.4 cm³/mol. The van der Waals surface area contributed by atoms with Gasteiger partial charge < -0.3 is 9.47 Å². The molecule has 0 radical (unpaired) electrons. The molecule has 2 aromatic rings. The summed E-state index contributed by atoms with van der Waals surface area (Å²) in [6, 6.07) is 12.8. The van der Waals surface area contributed by atoms with E-state index in [1.165, 1.54) is 0 Å². The number of carbonyl (C=O) groups excluding carboxylic acids is 1. The Morgan fingerprint density at radius 2 is 1.71 bits per heavy atom. The third kappa shape index (κ3) is 4.23. The van der Waals surface area contributed by atoms with E-state index in [0.29, 0.717) is 23.6 Å². The van der Waals surface area contributed by atoms with Gasteiger partial charge in [-0.2, -0.15) is 0 Å². The van der Waals surface area contributed by atoms with Gasteiger partial charge in [0.05, 0.1) is 14.2 Å². The van der Waals surface area contributed by atoms with Gasteiger partial charge in [0, 0.05) is 23.4 Å². The molecule has 0 unspecified atom stereocenters. The van der Waals surface area contributed by atoms with E-state index in [9.17, 15) is 4.79 Å². The average molecular weight is 305 g/mol. The molecule has 0 fully saturated rings. The zero-order chi connectivity index (χ0) is 15.2. The van der Waals surface area contributed by atoms with Gasteiger partial charge in [-0.1, -0.05) is 23.7 Å². The zero-order valence-electron chi connectivity index (χ0n) is 12.1. The average Bonchev–Trinajstić information content (AvgIpc) is 2.48. The number of rotatable bonds is 6. The Morgan fingerprint density at radius 1 is 1.00 bits per heavy atom. The number of ether oxygens (including phenoxy) is 2. The van der Waals surface area contributed by atoms with E-state index in [2.05, 4.69) is 0 Å². The normalized spacial score (nSPS) is 10.2. The van der Waals surface area contributed by atoms with E-state index in [4.69, 9.17) is 21.1 Å². The molecule has 0 atom stereocenters. The van der Waals surface area contributed by atoms with Crippen LogP contribution in [0.2, 0.25) is 5.02 Å². The van der Waals surface area contributed by atoms with Crippen LogP contribution in [0.4, 0.5) is 0 Å². The number of hydrogen-bond acceptors (Lipinski definition) is 3. The van der Waals surface area contributed by atoms with Crippen LogP contribution >= 0.6 is 11.6 Å². The van der Waals surface area contributed by atoms with Crippen molar-refractivity contribution in [1.82, 2.24) is 0 Å². The Labute approximate surface area is 129 Å². The van der Waals surface area contributed by atoms with Crippen molar-refractivity contribution in [3.63, 3.8) is 0 Å². The van der Waals surface area contributed by atoms with Crippen molar-refractivity contribution in [3.05, 3.63) is 58.6 Å². The Kier molecular flexibility index (Phi) is 5.23. The maximum atomic E-state index is 12.2. The second-order valence-corrected chi connectivity index (χ2v) is 5.13. The van der Waals surface area contributed by atoms with E-state index < -0.39 is 0 Å². The Bertz CT molecular complexity index is 620. The van der Waals surface area contributed by atoms with Crippen molar-refractivity contribution in [2.24, 2.45) is 0 Å². The molecule has 0 saturated carbocycles. The van der Waals surface area contributed by atoms with Crippen LogP contribution in [0, 0.1) is 0 Å². The SMILES string of the molecule is COc1ccc(CC(=O)Cc2cc(Cl)ccc2OC)cc1. The molecule has 0 aliphatic heterocycles. The van der Waals surface area contributed by atoms with E-state index in [1.54, 1.807) is 32.4 Å². The van der Waals surface area contributed by atoms with Crippen LogP contribution < -0.4 is 9.47 Å². The monoisotopic (exact) mass is 304 g/mol. The highest BCUT2D eigenvalue weighted by Gasteiger charge is 2.10. The van der Waals surface area contributed by atoms with Gasteiger partial charge in [-0.05, 0) is 35.9 Å². The summed E-state index contributed by atoms with van der Waals surface area (Å²) in [6.07, 6.45) is 0.676. The number of ketones is 1. The summed E-state index contributed by atoms with van der Waals surface area (Å²) in [5.74, 6) is 1.57. The molecule has 0 saturated heterocycles. The fourth-order valence-corrected chi connectivity index (χ4v) is 2.33. The van der Waals surface area contributed by atoms with Gasteiger partial charge in [-0.3, -0.25) is 4.79 Å². The van der Waals surface area contributed by atoms with E-state index in [0.717, 1.165) is 16.9 Å². The lowest BCUT2D eigenvalue weighted by atomic mass is 10.0. The molecular weight excluding hydrogens is 288 g/mol. The van der Waals surface area contributed by atoms with Crippen LogP contribution in [0.25, 0.3) is 0 Å². The molecule has 0 amide bonds. The van der Waals surface area contributed by atoms with Crippen LogP contribution in [0.15, 0.2) is 42.5 Å². The molecule has 2 aromatic carbocycles. The molecule has 0 aliphatic carbocycles. The third-order valence-electron chi connectivity index (χ3n) is 3.19. The standard InChI is InChI=1S/C17H17ClO3/c1-20-16-6-3-12(4-7-16)9-15(19)11-13-10-14(18)5-8-17(13)21-2/h3-8,10H,9,11H2,1-2H3. The number of carbonyl (C=O) groups is 1. The quantitative estimate of drug-likeness (QED) is 0.816. The van der Waals surface area contributed by atoms with Gasteiger partial charge in [-0.15, -0.1) is 0 Å².